The predicted octanol–water partition coefficient (Wildman–Crippen LogP) is 3.49. The maximum Gasteiger partial charge on any atom is 0.410 e. The Morgan fingerprint density at radius 2 is 1.60 bits per heavy atom. The van der Waals surface area contributed by atoms with Crippen LogP contribution in [0, 0.1) is 5.92 Å². The number of hydrogen-bond acceptors (Lipinski definition) is 5. The molecule has 1 fully saturated rings. The Morgan fingerprint density at radius 3 is 2.03 bits per heavy atom. The normalized spacial score (nSPS) is 15.9. The average Bonchev–Trinajstić information content (AvgIpc) is 2.58. The lowest BCUT2D eigenvalue weighted by Crippen LogP contribution is -2.49. The molecular weight excluding hydrogens is 499 g/mol. The van der Waals surface area contributed by atoms with Crippen molar-refractivity contribution in [2.45, 2.75) is 72.5 Å². The second kappa shape index (κ2) is 12.6. The molecule has 1 heterocycles. The molecule has 0 saturated carbocycles. The van der Waals surface area contributed by atoms with E-state index in [1.807, 2.05) is 48.5 Å². The summed E-state index contributed by atoms with van der Waals surface area (Å²) in [4.78, 5) is 32.5. The zero-order chi connectivity index (χ0) is 22.2. The molecule has 1 rings (SSSR count). The highest BCUT2D eigenvalue weighted by molar-refractivity contribution is 14.0. The molecule has 0 aromatic rings. The van der Waals surface area contributed by atoms with E-state index in [0.717, 1.165) is 25.9 Å². The minimum atomic E-state index is -0.500. The molecule has 1 aliphatic rings. The number of carbonyl (C=O) groups excluding carboxylic acids is 2. The number of nitrogens with one attached hydrogen (secondary N) is 1. The van der Waals surface area contributed by atoms with E-state index in [-0.39, 0.29) is 42.6 Å². The van der Waals surface area contributed by atoms with Crippen LogP contribution in [0.25, 0.3) is 0 Å². The monoisotopic (exact) mass is 540 g/mol. The van der Waals surface area contributed by atoms with Crippen LogP contribution < -0.4 is 5.32 Å². The standard InChI is InChI=1S/C21H40N4O4.HI/c1-9-24(19(27)29-21(5,6)7)15-16-10-12-25(13-11-16)18(22-8)23-14-17(26)28-20(2,3)4;/h16H,9-15H2,1-8H3,(H,22,23);1H. The van der Waals surface area contributed by atoms with Gasteiger partial charge in [0.25, 0.3) is 0 Å². The second-order valence-corrected chi connectivity index (χ2v) is 9.44. The van der Waals surface area contributed by atoms with Gasteiger partial charge in [0.05, 0.1) is 0 Å². The highest BCUT2D eigenvalue weighted by atomic mass is 127. The first-order valence-electron chi connectivity index (χ1n) is 10.5. The molecule has 0 bridgehead atoms. The van der Waals surface area contributed by atoms with Crippen LogP contribution in [0.2, 0.25) is 0 Å². The topological polar surface area (TPSA) is 83.5 Å². The fraction of sp³-hybridized carbons (Fsp3) is 0.857. The van der Waals surface area contributed by atoms with Crippen molar-refractivity contribution >= 4 is 42.0 Å². The van der Waals surface area contributed by atoms with Gasteiger partial charge in [-0.25, -0.2) is 4.79 Å². The van der Waals surface area contributed by atoms with Crippen molar-refractivity contribution in [2.75, 3.05) is 39.8 Å². The largest absolute Gasteiger partial charge is 0.459 e. The SMILES string of the molecule is CCN(CC1CCN(C(=NC)NCC(=O)OC(C)(C)C)CC1)C(=O)OC(C)(C)C.I. The van der Waals surface area contributed by atoms with Crippen molar-refractivity contribution in [3.63, 3.8) is 0 Å². The van der Waals surface area contributed by atoms with E-state index in [9.17, 15) is 9.59 Å². The molecule has 0 unspecified atom stereocenters. The lowest BCUT2D eigenvalue weighted by molar-refractivity contribution is -0.153. The van der Waals surface area contributed by atoms with Crippen molar-refractivity contribution in [1.82, 2.24) is 15.1 Å². The van der Waals surface area contributed by atoms with E-state index in [1.165, 1.54) is 0 Å². The summed E-state index contributed by atoms with van der Waals surface area (Å²) in [5.74, 6) is 0.820. The van der Waals surface area contributed by atoms with E-state index < -0.39 is 11.2 Å². The van der Waals surface area contributed by atoms with Gasteiger partial charge in [0.15, 0.2) is 5.96 Å². The molecule has 0 aromatic carbocycles. The fourth-order valence-corrected chi connectivity index (χ4v) is 3.16. The zero-order valence-electron chi connectivity index (χ0n) is 19.9. The van der Waals surface area contributed by atoms with Crippen LogP contribution in [-0.4, -0.2) is 78.8 Å². The number of nitrogens with zero attached hydrogens (tertiary/aromatic N) is 3. The molecule has 1 amide bonds. The third-order valence-corrected chi connectivity index (χ3v) is 4.45. The van der Waals surface area contributed by atoms with Gasteiger partial charge in [0.2, 0.25) is 0 Å². The predicted molar refractivity (Wildman–Crippen MR) is 130 cm³/mol. The van der Waals surface area contributed by atoms with Gasteiger partial charge in [-0.15, -0.1) is 24.0 Å². The van der Waals surface area contributed by atoms with Crippen molar-refractivity contribution in [3.8, 4) is 0 Å². The van der Waals surface area contributed by atoms with Gasteiger partial charge in [-0.3, -0.25) is 9.79 Å². The third-order valence-electron chi connectivity index (χ3n) is 4.45. The number of piperidine rings is 1. The maximum atomic E-state index is 12.4. The highest BCUT2D eigenvalue weighted by Crippen LogP contribution is 2.20. The molecule has 0 spiro atoms. The third kappa shape index (κ3) is 11.2. The lowest BCUT2D eigenvalue weighted by Gasteiger charge is -2.36. The number of rotatable bonds is 5. The van der Waals surface area contributed by atoms with Gasteiger partial charge in [-0.2, -0.15) is 0 Å². The van der Waals surface area contributed by atoms with Gasteiger partial charge < -0.3 is 24.6 Å². The summed E-state index contributed by atoms with van der Waals surface area (Å²) < 4.78 is 10.8. The van der Waals surface area contributed by atoms with Gasteiger partial charge >= 0.3 is 12.1 Å². The summed E-state index contributed by atoms with van der Waals surface area (Å²) in [6.07, 6.45) is 1.65. The van der Waals surface area contributed by atoms with Crippen molar-refractivity contribution < 1.29 is 19.1 Å². The van der Waals surface area contributed by atoms with Gasteiger partial charge in [0.1, 0.15) is 17.7 Å². The number of hydrogen-bond donors (Lipinski definition) is 1. The van der Waals surface area contributed by atoms with Crippen LogP contribution in [0.5, 0.6) is 0 Å². The highest BCUT2D eigenvalue weighted by Gasteiger charge is 2.27. The first kappa shape index (κ1) is 28.7. The van der Waals surface area contributed by atoms with E-state index >= 15 is 0 Å². The summed E-state index contributed by atoms with van der Waals surface area (Å²) >= 11 is 0. The number of carbonyl (C=O) groups is 2. The molecule has 30 heavy (non-hydrogen) atoms. The van der Waals surface area contributed by atoms with Crippen LogP contribution in [0.1, 0.15) is 61.3 Å². The van der Waals surface area contributed by atoms with Crippen molar-refractivity contribution in [1.29, 1.82) is 0 Å². The summed E-state index contributed by atoms with van der Waals surface area (Å²) in [6, 6.07) is 0. The number of halogens is 1. The molecule has 9 heteroatoms. The minimum absolute atomic E-state index is 0. The first-order chi connectivity index (χ1) is 13.3. The van der Waals surface area contributed by atoms with Crippen LogP contribution in [-0.2, 0) is 14.3 Å². The Hall–Kier alpha value is -1.26. The Labute approximate surface area is 199 Å². The fourth-order valence-electron chi connectivity index (χ4n) is 3.16. The molecule has 0 aliphatic carbocycles. The molecule has 0 radical (unpaired) electrons. The maximum absolute atomic E-state index is 12.4. The molecule has 0 atom stereocenters. The molecular formula is C21H41IN4O4. The van der Waals surface area contributed by atoms with Gasteiger partial charge in [0, 0.05) is 33.2 Å². The van der Waals surface area contributed by atoms with E-state index in [4.69, 9.17) is 9.47 Å². The number of likely N-dealkylation sites (tertiary alicyclic amines) is 1. The van der Waals surface area contributed by atoms with Gasteiger partial charge in [-0.05, 0) is 67.2 Å². The Bertz CT molecular complexity index is 577. The molecule has 1 N–H and O–H groups in total. The number of esters is 1. The van der Waals surface area contributed by atoms with Crippen LogP contribution in [0.15, 0.2) is 4.99 Å². The van der Waals surface area contributed by atoms with E-state index in [0.29, 0.717) is 25.0 Å². The number of amides is 1. The van der Waals surface area contributed by atoms with Crippen LogP contribution in [0.3, 0.4) is 0 Å². The Morgan fingerprint density at radius 1 is 1.07 bits per heavy atom. The minimum Gasteiger partial charge on any atom is -0.459 e. The van der Waals surface area contributed by atoms with E-state index in [2.05, 4.69) is 15.2 Å². The summed E-state index contributed by atoms with van der Waals surface area (Å²) in [5.41, 5.74) is -0.986. The summed E-state index contributed by atoms with van der Waals surface area (Å²) in [5, 5.41) is 3.09. The summed E-state index contributed by atoms with van der Waals surface area (Å²) in [6.45, 7) is 16.2. The smallest absolute Gasteiger partial charge is 0.410 e. The van der Waals surface area contributed by atoms with Crippen molar-refractivity contribution in [3.05, 3.63) is 0 Å². The zero-order valence-corrected chi connectivity index (χ0v) is 22.2. The molecule has 0 aromatic heterocycles. The lowest BCUT2D eigenvalue weighted by atomic mass is 9.96. The molecule has 1 aliphatic heterocycles. The number of guanidine groups is 1. The number of ether oxygens (including phenoxy) is 2. The van der Waals surface area contributed by atoms with Crippen molar-refractivity contribution in [2.24, 2.45) is 10.9 Å². The second-order valence-electron chi connectivity index (χ2n) is 9.44. The molecule has 8 nitrogen and oxygen atoms in total. The first-order valence-corrected chi connectivity index (χ1v) is 10.5. The molecule has 176 valence electrons. The molecule has 1 saturated heterocycles. The Kier molecular flexibility index (Phi) is 12.0. The quantitative estimate of drug-likeness (QED) is 0.249. The van der Waals surface area contributed by atoms with Crippen LogP contribution >= 0.6 is 24.0 Å². The average molecular weight is 540 g/mol. The summed E-state index contributed by atoms with van der Waals surface area (Å²) in [7, 11) is 1.71. The van der Waals surface area contributed by atoms with Crippen LogP contribution in [0.4, 0.5) is 4.79 Å². The van der Waals surface area contributed by atoms with Gasteiger partial charge in [-0.1, -0.05) is 0 Å². The van der Waals surface area contributed by atoms with E-state index in [1.54, 1.807) is 11.9 Å². The number of aliphatic imine (C=N–C) groups is 1. The Balaban J connectivity index is 0.00000841.